The van der Waals surface area contributed by atoms with Crippen LogP contribution in [0.25, 0.3) is 0 Å². The van der Waals surface area contributed by atoms with E-state index in [4.69, 9.17) is 9.47 Å². The molecule has 0 aromatic carbocycles. The number of nitrogens with zero attached hydrogens (tertiary/aromatic N) is 1. The molecule has 108 valence electrons. The molecule has 0 bridgehead atoms. The molecule has 0 aromatic rings. The number of methoxy groups -OCH3 is 1. The van der Waals surface area contributed by atoms with Gasteiger partial charge in [0.25, 0.3) is 0 Å². The van der Waals surface area contributed by atoms with Gasteiger partial charge in [0.2, 0.25) is 0 Å². The standard InChI is InChI=1S/C13H21NO5/c1-3-4-9-19-12(17)14-7-5-13(10-14,6-8-15)11(16)18-2/h8H,3-7,9-10H2,1-2H3. The average Bonchev–Trinajstić information content (AvgIpc) is 2.84. The minimum absolute atomic E-state index is 0.0679. The van der Waals surface area contributed by atoms with Gasteiger partial charge in [0, 0.05) is 19.5 Å². The van der Waals surface area contributed by atoms with Crippen molar-refractivity contribution in [2.75, 3.05) is 26.8 Å². The van der Waals surface area contributed by atoms with Gasteiger partial charge in [-0.05, 0) is 12.8 Å². The third-order valence-electron chi connectivity index (χ3n) is 3.43. The van der Waals surface area contributed by atoms with E-state index in [1.165, 1.54) is 12.0 Å². The van der Waals surface area contributed by atoms with Gasteiger partial charge < -0.3 is 19.2 Å². The number of hydrogen-bond acceptors (Lipinski definition) is 5. The SMILES string of the molecule is CCCCOC(=O)N1CCC(CC=O)(C(=O)OC)C1. The lowest BCUT2D eigenvalue weighted by Crippen LogP contribution is -2.38. The molecule has 1 saturated heterocycles. The zero-order valence-corrected chi connectivity index (χ0v) is 11.5. The number of carbonyl (C=O) groups excluding carboxylic acids is 3. The lowest BCUT2D eigenvalue weighted by atomic mass is 9.84. The minimum atomic E-state index is -0.903. The number of rotatable bonds is 6. The second-order valence-corrected chi connectivity index (χ2v) is 4.78. The molecule has 0 aliphatic carbocycles. The van der Waals surface area contributed by atoms with Crippen LogP contribution >= 0.6 is 0 Å². The predicted octanol–water partition coefficient (Wildman–Crippen LogP) is 1.38. The van der Waals surface area contributed by atoms with Crippen molar-refractivity contribution in [3.63, 3.8) is 0 Å². The Hall–Kier alpha value is -1.59. The summed E-state index contributed by atoms with van der Waals surface area (Å²) in [5.74, 6) is -0.441. The van der Waals surface area contributed by atoms with Crippen LogP contribution in [0.5, 0.6) is 0 Å². The monoisotopic (exact) mass is 271 g/mol. The van der Waals surface area contributed by atoms with Gasteiger partial charge in [-0.2, -0.15) is 0 Å². The van der Waals surface area contributed by atoms with Crippen LogP contribution < -0.4 is 0 Å². The van der Waals surface area contributed by atoms with Gasteiger partial charge in [0.1, 0.15) is 6.29 Å². The molecule has 0 spiro atoms. The van der Waals surface area contributed by atoms with Crippen LogP contribution in [-0.4, -0.2) is 50.1 Å². The maximum absolute atomic E-state index is 11.8. The Bertz CT molecular complexity index is 344. The van der Waals surface area contributed by atoms with E-state index >= 15 is 0 Å². The Morgan fingerprint density at radius 2 is 2.16 bits per heavy atom. The number of unbranched alkanes of at least 4 members (excludes halogenated alkanes) is 1. The lowest BCUT2D eigenvalue weighted by Gasteiger charge is -2.23. The fourth-order valence-corrected chi connectivity index (χ4v) is 2.22. The molecule has 1 aliphatic rings. The summed E-state index contributed by atoms with van der Waals surface area (Å²) < 4.78 is 9.84. The fourth-order valence-electron chi connectivity index (χ4n) is 2.22. The van der Waals surface area contributed by atoms with Crippen molar-refractivity contribution in [2.45, 2.75) is 32.6 Å². The molecule has 1 aliphatic heterocycles. The third kappa shape index (κ3) is 3.68. The summed E-state index contributed by atoms with van der Waals surface area (Å²) in [5.41, 5.74) is -0.903. The molecular weight excluding hydrogens is 250 g/mol. The molecule has 0 N–H and O–H groups in total. The van der Waals surface area contributed by atoms with Crippen molar-refractivity contribution in [2.24, 2.45) is 5.41 Å². The van der Waals surface area contributed by atoms with Crippen LogP contribution in [0, 0.1) is 5.41 Å². The predicted molar refractivity (Wildman–Crippen MR) is 67.6 cm³/mol. The number of hydrogen-bond donors (Lipinski definition) is 0. The van der Waals surface area contributed by atoms with E-state index in [9.17, 15) is 14.4 Å². The Balaban J connectivity index is 2.60. The summed E-state index contributed by atoms with van der Waals surface area (Å²) in [6, 6.07) is 0. The highest BCUT2D eigenvalue weighted by Crippen LogP contribution is 2.34. The van der Waals surface area contributed by atoms with Crippen LogP contribution in [0.4, 0.5) is 4.79 Å². The van der Waals surface area contributed by atoms with Crippen LogP contribution in [-0.2, 0) is 19.1 Å². The van der Waals surface area contributed by atoms with Gasteiger partial charge in [-0.1, -0.05) is 13.3 Å². The van der Waals surface area contributed by atoms with Crippen molar-refractivity contribution in [3.8, 4) is 0 Å². The van der Waals surface area contributed by atoms with E-state index < -0.39 is 17.5 Å². The minimum Gasteiger partial charge on any atom is -0.469 e. The van der Waals surface area contributed by atoms with Crippen LogP contribution in [0.1, 0.15) is 32.6 Å². The molecule has 0 radical (unpaired) electrons. The Morgan fingerprint density at radius 1 is 1.42 bits per heavy atom. The zero-order chi connectivity index (χ0) is 14.3. The fraction of sp³-hybridized carbons (Fsp3) is 0.769. The van der Waals surface area contributed by atoms with Gasteiger partial charge in [-0.3, -0.25) is 4.79 Å². The van der Waals surface area contributed by atoms with Crippen molar-refractivity contribution in [3.05, 3.63) is 0 Å². The van der Waals surface area contributed by atoms with Crippen LogP contribution in [0.15, 0.2) is 0 Å². The van der Waals surface area contributed by atoms with Gasteiger partial charge >= 0.3 is 12.1 Å². The van der Waals surface area contributed by atoms with Crippen molar-refractivity contribution in [1.82, 2.24) is 4.90 Å². The van der Waals surface area contributed by atoms with Crippen LogP contribution in [0.2, 0.25) is 0 Å². The molecule has 1 fully saturated rings. The van der Waals surface area contributed by atoms with E-state index in [2.05, 4.69) is 0 Å². The molecule has 1 unspecified atom stereocenters. The summed E-state index contributed by atoms with van der Waals surface area (Å²) >= 11 is 0. The molecule has 19 heavy (non-hydrogen) atoms. The second kappa shape index (κ2) is 7.11. The van der Waals surface area contributed by atoms with Gasteiger partial charge in [0.05, 0.1) is 19.1 Å². The largest absolute Gasteiger partial charge is 0.469 e. The van der Waals surface area contributed by atoms with Crippen LogP contribution in [0.3, 0.4) is 0 Å². The highest BCUT2D eigenvalue weighted by Gasteiger charge is 2.47. The molecule has 1 heterocycles. The molecule has 0 aromatic heterocycles. The Labute approximate surface area is 113 Å². The molecule has 1 amide bonds. The van der Waals surface area contributed by atoms with Crippen molar-refractivity contribution >= 4 is 18.3 Å². The highest BCUT2D eigenvalue weighted by molar-refractivity contribution is 5.82. The summed E-state index contributed by atoms with van der Waals surface area (Å²) in [6.45, 7) is 2.98. The quantitative estimate of drug-likeness (QED) is 0.414. The first-order valence-corrected chi connectivity index (χ1v) is 6.53. The molecule has 1 atom stereocenters. The molecule has 0 saturated carbocycles. The maximum Gasteiger partial charge on any atom is 0.409 e. The topological polar surface area (TPSA) is 72.9 Å². The smallest absolute Gasteiger partial charge is 0.409 e. The number of aldehydes is 1. The summed E-state index contributed by atoms with van der Waals surface area (Å²) in [6.07, 6.45) is 2.54. The second-order valence-electron chi connectivity index (χ2n) is 4.78. The number of amides is 1. The number of ether oxygens (including phenoxy) is 2. The van der Waals surface area contributed by atoms with E-state index in [0.717, 1.165) is 12.8 Å². The first-order chi connectivity index (χ1) is 9.09. The van der Waals surface area contributed by atoms with Crippen molar-refractivity contribution < 1.29 is 23.9 Å². The average molecular weight is 271 g/mol. The third-order valence-corrected chi connectivity index (χ3v) is 3.43. The van der Waals surface area contributed by atoms with Gasteiger partial charge in [-0.15, -0.1) is 0 Å². The van der Waals surface area contributed by atoms with E-state index in [0.29, 0.717) is 25.9 Å². The maximum atomic E-state index is 11.8. The summed E-state index contributed by atoms with van der Waals surface area (Å²) in [7, 11) is 1.29. The number of likely N-dealkylation sites (tertiary alicyclic amines) is 1. The molecule has 6 heteroatoms. The highest BCUT2D eigenvalue weighted by atomic mass is 16.6. The van der Waals surface area contributed by atoms with E-state index in [1.807, 2.05) is 6.92 Å². The Morgan fingerprint density at radius 3 is 2.74 bits per heavy atom. The van der Waals surface area contributed by atoms with Gasteiger partial charge in [-0.25, -0.2) is 4.79 Å². The first kappa shape index (κ1) is 15.5. The number of esters is 1. The van der Waals surface area contributed by atoms with E-state index in [-0.39, 0.29) is 13.0 Å². The van der Waals surface area contributed by atoms with Crippen molar-refractivity contribution in [1.29, 1.82) is 0 Å². The molecular formula is C13H21NO5. The first-order valence-electron chi connectivity index (χ1n) is 6.53. The summed E-state index contributed by atoms with van der Waals surface area (Å²) in [5, 5.41) is 0. The Kier molecular flexibility index (Phi) is 5.79. The molecule has 6 nitrogen and oxygen atoms in total. The molecule has 1 rings (SSSR count). The lowest BCUT2D eigenvalue weighted by molar-refractivity contribution is -0.153. The van der Waals surface area contributed by atoms with Gasteiger partial charge in [0.15, 0.2) is 0 Å². The summed E-state index contributed by atoms with van der Waals surface area (Å²) in [4.78, 5) is 35.8. The van der Waals surface area contributed by atoms with E-state index in [1.54, 1.807) is 0 Å². The normalized spacial score (nSPS) is 22.1. The zero-order valence-electron chi connectivity index (χ0n) is 11.5. The number of carbonyl (C=O) groups is 3.